The first kappa shape index (κ1) is 14.5. The molecule has 106 valence electrons. The summed E-state index contributed by atoms with van der Waals surface area (Å²) in [4.78, 5) is 0. The summed E-state index contributed by atoms with van der Waals surface area (Å²) >= 11 is 5.56. The first-order chi connectivity index (χ1) is 8.58. The summed E-state index contributed by atoms with van der Waals surface area (Å²) in [5.74, 6) is 0.191. The van der Waals surface area contributed by atoms with Gasteiger partial charge in [-0.15, -0.1) is 11.6 Å². The second kappa shape index (κ2) is 6.05. The second-order valence-corrected chi connectivity index (χ2v) is 7.19. The van der Waals surface area contributed by atoms with E-state index in [2.05, 4.69) is 0 Å². The Morgan fingerprint density at radius 2 is 1.72 bits per heavy atom. The van der Waals surface area contributed by atoms with Crippen LogP contribution in [0.4, 0.5) is 0 Å². The Kier molecular flexibility index (Phi) is 4.88. The maximum absolute atomic E-state index is 12.1. The number of piperidine rings is 1. The van der Waals surface area contributed by atoms with E-state index in [0.717, 1.165) is 6.42 Å². The van der Waals surface area contributed by atoms with E-state index in [-0.39, 0.29) is 5.75 Å². The van der Waals surface area contributed by atoms with Gasteiger partial charge in [-0.05, 0) is 12.8 Å². The molecule has 0 N–H and O–H groups in total. The van der Waals surface area contributed by atoms with Crippen LogP contribution in [0.3, 0.4) is 0 Å². The van der Waals surface area contributed by atoms with E-state index >= 15 is 0 Å². The molecule has 0 atom stereocenters. The van der Waals surface area contributed by atoms with E-state index in [4.69, 9.17) is 21.1 Å². The van der Waals surface area contributed by atoms with Crippen LogP contribution in [-0.4, -0.2) is 56.4 Å². The monoisotopic (exact) mass is 297 g/mol. The Labute approximate surface area is 113 Å². The van der Waals surface area contributed by atoms with Crippen molar-refractivity contribution in [2.24, 2.45) is 0 Å². The zero-order valence-corrected chi connectivity index (χ0v) is 12.0. The van der Waals surface area contributed by atoms with E-state index in [1.165, 1.54) is 0 Å². The van der Waals surface area contributed by atoms with Gasteiger partial charge in [0.15, 0.2) is 5.79 Å². The molecule has 0 saturated carbocycles. The van der Waals surface area contributed by atoms with Gasteiger partial charge in [0.2, 0.25) is 10.0 Å². The number of nitrogens with zero attached hydrogens (tertiary/aromatic N) is 1. The van der Waals surface area contributed by atoms with Crippen LogP contribution in [0.5, 0.6) is 0 Å². The number of hydrogen-bond acceptors (Lipinski definition) is 4. The van der Waals surface area contributed by atoms with Crippen LogP contribution in [0, 0.1) is 0 Å². The zero-order valence-electron chi connectivity index (χ0n) is 10.4. The summed E-state index contributed by atoms with van der Waals surface area (Å²) in [6.07, 6.45) is 2.62. The molecule has 0 amide bonds. The highest BCUT2D eigenvalue weighted by atomic mass is 35.5. The average Bonchev–Trinajstić information content (AvgIpc) is 2.78. The summed E-state index contributed by atoms with van der Waals surface area (Å²) < 4.78 is 36.8. The number of rotatable bonds is 5. The quantitative estimate of drug-likeness (QED) is 0.565. The molecule has 0 aliphatic carbocycles. The number of hydrogen-bond donors (Lipinski definition) is 0. The van der Waals surface area contributed by atoms with Crippen LogP contribution >= 0.6 is 11.6 Å². The lowest BCUT2D eigenvalue weighted by molar-refractivity contribution is -0.179. The lowest BCUT2D eigenvalue weighted by Crippen LogP contribution is -2.47. The van der Waals surface area contributed by atoms with Crippen molar-refractivity contribution in [2.75, 3.05) is 37.9 Å². The standard InChI is InChI=1S/C11H20ClNO4S/c12-5-1-2-10-18(14,15)13-6-3-11(4-7-13)16-8-9-17-11/h1-10H2. The molecule has 2 saturated heterocycles. The highest BCUT2D eigenvalue weighted by Gasteiger charge is 2.42. The van der Waals surface area contributed by atoms with Gasteiger partial charge in [0.1, 0.15) is 0 Å². The normalized spacial score (nSPS) is 24.7. The molecular formula is C11H20ClNO4S. The highest BCUT2D eigenvalue weighted by molar-refractivity contribution is 7.89. The van der Waals surface area contributed by atoms with Crippen molar-refractivity contribution in [2.45, 2.75) is 31.5 Å². The van der Waals surface area contributed by atoms with Crippen molar-refractivity contribution in [3.8, 4) is 0 Å². The molecule has 0 aromatic heterocycles. The lowest BCUT2D eigenvalue weighted by Gasteiger charge is -2.36. The van der Waals surface area contributed by atoms with E-state index in [0.29, 0.717) is 51.4 Å². The van der Waals surface area contributed by atoms with Gasteiger partial charge in [-0.25, -0.2) is 12.7 Å². The zero-order chi connectivity index (χ0) is 13.1. The van der Waals surface area contributed by atoms with E-state index < -0.39 is 15.8 Å². The van der Waals surface area contributed by atoms with Gasteiger partial charge < -0.3 is 9.47 Å². The molecule has 7 heteroatoms. The van der Waals surface area contributed by atoms with Crippen molar-refractivity contribution in [1.29, 1.82) is 0 Å². The maximum atomic E-state index is 12.1. The molecule has 0 aromatic carbocycles. The van der Waals surface area contributed by atoms with Gasteiger partial charge >= 0.3 is 0 Å². The van der Waals surface area contributed by atoms with E-state index in [9.17, 15) is 8.42 Å². The summed E-state index contributed by atoms with van der Waals surface area (Å²) in [7, 11) is -3.14. The van der Waals surface area contributed by atoms with Crippen LogP contribution in [0.1, 0.15) is 25.7 Å². The minimum atomic E-state index is -3.14. The molecule has 1 spiro atoms. The fraction of sp³-hybridized carbons (Fsp3) is 1.00. The minimum absolute atomic E-state index is 0.189. The third-order valence-electron chi connectivity index (χ3n) is 3.48. The largest absolute Gasteiger partial charge is 0.347 e. The van der Waals surface area contributed by atoms with Crippen LogP contribution < -0.4 is 0 Å². The fourth-order valence-corrected chi connectivity index (χ4v) is 4.15. The molecular weight excluding hydrogens is 278 g/mol. The molecule has 2 aliphatic heterocycles. The van der Waals surface area contributed by atoms with E-state index in [1.807, 2.05) is 0 Å². The van der Waals surface area contributed by atoms with Gasteiger partial charge in [-0.3, -0.25) is 0 Å². The molecule has 5 nitrogen and oxygen atoms in total. The molecule has 2 heterocycles. The van der Waals surface area contributed by atoms with Crippen molar-refractivity contribution in [1.82, 2.24) is 4.31 Å². The van der Waals surface area contributed by atoms with Crippen LogP contribution in [-0.2, 0) is 19.5 Å². The number of sulfonamides is 1. The molecule has 0 unspecified atom stereocenters. The number of unbranched alkanes of at least 4 members (excludes halogenated alkanes) is 1. The summed E-state index contributed by atoms with van der Waals surface area (Å²) in [6.45, 7) is 2.21. The third-order valence-corrected chi connectivity index (χ3v) is 5.70. The van der Waals surface area contributed by atoms with Crippen molar-refractivity contribution < 1.29 is 17.9 Å². The van der Waals surface area contributed by atoms with Gasteiger partial charge in [0.25, 0.3) is 0 Å². The first-order valence-corrected chi connectivity index (χ1v) is 8.54. The van der Waals surface area contributed by atoms with Crippen molar-refractivity contribution in [3.63, 3.8) is 0 Å². The maximum Gasteiger partial charge on any atom is 0.214 e. The molecule has 2 aliphatic rings. The third kappa shape index (κ3) is 3.36. The predicted molar refractivity (Wildman–Crippen MR) is 69.2 cm³/mol. The molecule has 2 rings (SSSR count). The van der Waals surface area contributed by atoms with Crippen molar-refractivity contribution >= 4 is 21.6 Å². The molecule has 0 aromatic rings. The molecule has 2 fully saturated rings. The SMILES string of the molecule is O=S(=O)(CCCCCl)N1CCC2(CC1)OCCO2. The topological polar surface area (TPSA) is 55.8 Å². The van der Waals surface area contributed by atoms with Gasteiger partial charge in [0, 0.05) is 31.8 Å². The molecule has 18 heavy (non-hydrogen) atoms. The summed E-state index contributed by atoms with van der Waals surface area (Å²) in [5, 5.41) is 0. The summed E-state index contributed by atoms with van der Waals surface area (Å²) in [5.41, 5.74) is 0. The van der Waals surface area contributed by atoms with Gasteiger partial charge in [-0.2, -0.15) is 0 Å². The lowest BCUT2D eigenvalue weighted by atomic mass is 10.1. The van der Waals surface area contributed by atoms with E-state index in [1.54, 1.807) is 4.31 Å². The smallest absolute Gasteiger partial charge is 0.214 e. The fourth-order valence-electron chi connectivity index (χ4n) is 2.40. The Morgan fingerprint density at radius 3 is 2.28 bits per heavy atom. The number of halogens is 1. The number of alkyl halides is 1. The highest BCUT2D eigenvalue weighted by Crippen LogP contribution is 2.32. The predicted octanol–water partition coefficient (Wildman–Crippen LogP) is 1.17. The molecule has 0 bridgehead atoms. The second-order valence-electron chi connectivity index (χ2n) is 4.72. The van der Waals surface area contributed by atoms with Gasteiger partial charge in [0.05, 0.1) is 19.0 Å². The average molecular weight is 298 g/mol. The first-order valence-electron chi connectivity index (χ1n) is 6.40. The Hall–Kier alpha value is 0.120. The number of ether oxygens (including phenoxy) is 2. The van der Waals surface area contributed by atoms with Crippen molar-refractivity contribution in [3.05, 3.63) is 0 Å². The van der Waals surface area contributed by atoms with Gasteiger partial charge in [-0.1, -0.05) is 0 Å². The van der Waals surface area contributed by atoms with Crippen LogP contribution in [0.15, 0.2) is 0 Å². The Morgan fingerprint density at radius 1 is 1.11 bits per heavy atom. The minimum Gasteiger partial charge on any atom is -0.347 e. The Bertz CT molecular complexity index is 357. The Balaban J connectivity index is 1.84. The van der Waals surface area contributed by atoms with Crippen LogP contribution in [0.2, 0.25) is 0 Å². The summed E-state index contributed by atoms with van der Waals surface area (Å²) in [6, 6.07) is 0. The van der Waals surface area contributed by atoms with Crippen LogP contribution in [0.25, 0.3) is 0 Å². The molecule has 0 radical (unpaired) electrons.